The van der Waals surface area contributed by atoms with E-state index in [1.165, 1.54) is 0 Å². The van der Waals surface area contributed by atoms with Crippen molar-refractivity contribution >= 4 is 28.3 Å². The standard InChI is InChI=1S/C8H9Cl2OP/c1-7(12(9,10)11)8-5-3-2-4-6-8/h2-7H,1H3. The zero-order valence-electron chi connectivity index (χ0n) is 6.58. The van der Waals surface area contributed by atoms with E-state index in [4.69, 9.17) is 22.5 Å². The van der Waals surface area contributed by atoms with Crippen LogP contribution in [0.2, 0.25) is 0 Å². The minimum atomic E-state index is -3.03. The van der Waals surface area contributed by atoms with Gasteiger partial charge >= 0.3 is 0 Å². The summed E-state index contributed by atoms with van der Waals surface area (Å²) >= 11 is 11.1. The summed E-state index contributed by atoms with van der Waals surface area (Å²) in [4.78, 5) is 0. The van der Waals surface area contributed by atoms with E-state index in [0.717, 1.165) is 5.56 Å². The average Bonchev–Trinajstić information content (AvgIpc) is 2.03. The third-order valence-corrected chi connectivity index (χ3v) is 4.69. The molecule has 0 radical (unpaired) electrons. The molecule has 0 amide bonds. The van der Waals surface area contributed by atoms with Crippen LogP contribution in [0.5, 0.6) is 0 Å². The van der Waals surface area contributed by atoms with Gasteiger partial charge in [0, 0.05) is 0 Å². The molecule has 1 aromatic carbocycles. The van der Waals surface area contributed by atoms with Gasteiger partial charge < -0.3 is 0 Å². The highest BCUT2D eigenvalue weighted by atomic mass is 35.9. The molecule has 0 fully saturated rings. The van der Waals surface area contributed by atoms with Crippen LogP contribution in [0.25, 0.3) is 0 Å². The number of hydrogen-bond acceptors (Lipinski definition) is 1. The fourth-order valence-electron chi connectivity index (χ4n) is 0.905. The summed E-state index contributed by atoms with van der Waals surface area (Å²) in [6.07, 6.45) is 0. The lowest BCUT2D eigenvalue weighted by Gasteiger charge is -2.11. The molecule has 66 valence electrons. The molecule has 0 aliphatic rings. The van der Waals surface area contributed by atoms with Gasteiger partial charge in [-0.2, -0.15) is 0 Å². The Morgan fingerprint density at radius 3 is 2.17 bits per heavy atom. The summed E-state index contributed by atoms with van der Waals surface area (Å²) in [5.41, 5.74) is 0.618. The van der Waals surface area contributed by atoms with Crippen LogP contribution >= 0.6 is 28.3 Å². The Bertz CT molecular complexity index is 293. The number of rotatable bonds is 2. The summed E-state index contributed by atoms with van der Waals surface area (Å²) in [6.45, 7) is 1.76. The zero-order chi connectivity index (χ0) is 9.19. The summed E-state index contributed by atoms with van der Waals surface area (Å²) < 4.78 is 11.2. The highest BCUT2D eigenvalue weighted by molar-refractivity contribution is 8.08. The summed E-state index contributed by atoms with van der Waals surface area (Å²) in [5, 5.41) is 0. The number of hydrogen-bond donors (Lipinski definition) is 0. The maximum absolute atomic E-state index is 11.2. The quantitative estimate of drug-likeness (QED) is 0.678. The van der Waals surface area contributed by atoms with Gasteiger partial charge in [0.05, 0.1) is 5.66 Å². The van der Waals surface area contributed by atoms with Crippen molar-refractivity contribution in [3.05, 3.63) is 35.9 Å². The molecule has 0 N–H and O–H groups in total. The second kappa shape index (κ2) is 3.83. The van der Waals surface area contributed by atoms with E-state index >= 15 is 0 Å². The normalized spacial score (nSPS) is 14.2. The van der Waals surface area contributed by atoms with Crippen molar-refractivity contribution in [1.29, 1.82) is 0 Å². The van der Waals surface area contributed by atoms with Crippen LogP contribution in [-0.4, -0.2) is 0 Å². The Balaban J connectivity index is 2.94. The van der Waals surface area contributed by atoms with E-state index in [1.54, 1.807) is 6.92 Å². The molecule has 0 bridgehead atoms. The fourth-order valence-corrected chi connectivity index (χ4v) is 2.10. The first-order chi connectivity index (χ1) is 5.52. The van der Waals surface area contributed by atoms with E-state index in [0.29, 0.717) is 0 Å². The Morgan fingerprint density at radius 2 is 1.75 bits per heavy atom. The van der Waals surface area contributed by atoms with E-state index < -0.39 is 5.85 Å². The third kappa shape index (κ3) is 2.52. The summed E-state index contributed by atoms with van der Waals surface area (Å²) in [5.74, 6) is -3.03. The van der Waals surface area contributed by atoms with Crippen LogP contribution in [0.3, 0.4) is 0 Å². The molecule has 12 heavy (non-hydrogen) atoms. The second-order valence-electron chi connectivity index (χ2n) is 2.59. The topological polar surface area (TPSA) is 17.1 Å². The van der Waals surface area contributed by atoms with Gasteiger partial charge in [-0.15, -0.1) is 0 Å². The Labute approximate surface area is 81.6 Å². The number of halogens is 2. The van der Waals surface area contributed by atoms with Gasteiger partial charge in [0.25, 0.3) is 5.85 Å². The Kier molecular flexibility index (Phi) is 3.22. The molecule has 4 heteroatoms. The molecule has 0 aliphatic carbocycles. The molecule has 0 aromatic heterocycles. The SMILES string of the molecule is CC(c1ccccc1)P(=O)(Cl)Cl. The molecule has 0 saturated heterocycles. The van der Waals surface area contributed by atoms with Crippen molar-refractivity contribution in [3.8, 4) is 0 Å². The average molecular weight is 223 g/mol. The molecular formula is C8H9Cl2OP. The van der Waals surface area contributed by atoms with E-state index in [-0.39, 0.29) is 5.66 Å². The third-order valence-electron chi connectivity index (χ3n) is 1.73. The van der Waals surface area contributed by atoms with Gasteiger partial charge in [0.15, 0.2) is 0 Å². The molecule has 0 spiro atoms. The highest BCUT2D eigenvalue weighted by Gasteiger charge is 2.24. The van der Waals surface area contributed by atoms with Gasteiger partial charge in [-0.05, 0) is 35.0 Å². The lowest BCUT2D eigenvalue weighted by molar-refractivity contribution is 0.587. The largest absolute Gasteiger partial charge is 0.289 e. The maximum atomic E-state index is 11.2. The van der Waals surface area contributed by atoms with Crippen molar-refractivity contribution in [1.82, 2.24) is 0 Å². The second-order valence-corrected chi connectivity index (χ2v) is 7.90. The first kappa shape index (κ1) is 10.1. The smallest absolute Gasteiger partial charge is 0.260 e. The first-order valence-electron chi connectivity index (χ1n) is 3.56. The molecular weight excluding hydrogens is 214 g/mol. The molecule has 1 unspecified atom stereocenters. The van der Waals surface area contributed by atoms with Crippen LogP contribution < -0.4 is 0 Å². The fraction of sp³-hybridized carbons (Fsp3) is 0.250. The van der Waals surface area contributed by atoms with Crippen molar-refractivity contribution in [2.24, 2.45) is 0 Å². The van der Waals surface area contributed by atoms with Gasteiger partial charge in [-0.3, -0.25) is 4.57 Å². The number of benzene rings is 1. The predicted octanol–water partition coefficient (Wildman–Crippen LogP) is 4.42. The van der Waals surface area contributed by atoms with Crippen LogP contribution in [0.15, 0.2) is 30.3 Å². The molecule has 0 saturated carbocycles. The zero-order valence-corrected chi connectivity index (χ0v) is 8.98. The van der Waals surface area contributed by atoms with E-state index in [9.17, 15) is 4.57 Å². The maximum Gasteiger partial charge on any atom is 0.260 e. The lowest BCUT2D eigenvalue weighted by atomic mass is 10.2. The van der Waals surface area contributed by atoms with Crippen molar-refractivity contribution in [2.45, 2.75) is 12.6 Å². The molecule has 1 atom stereocenters. The van der Waals surface area contributed by atoms with E-state index in [1.807, 2.05) is 30.3 Å². The predicted molar refractivity (Wildman–Crippen MR) is 54.2 cm³/mol. The van der Waals surface area contributed by atoms with Crippen LogP contribution in [0.1, 0.15) is 18.1 Å². The van der Waals surface area contributed by atoms with Gasteiger partial charge in [-0.25, -0.2) is 0 Å². The molecule has 1 rings (SSSR count). The van der Waals surface area contributed by atoms with Gasteiger partial charge in [-0.1, -0.05) is 30.3 Å². The molecule has 1 nitrogen and oxygen atoms in total. The Hall–Kier alpha value is 0.0300. The van der Waals surface area contributed by atoms with Crippen molar-refractivity contribution in [3.63, 3.8) is 0 Å². The van der Waals surface area contributed by atoms with Crippen molar-refractivity contribution < 1.29 is 4.57 Å². The monoisotopic (exact) mass is 222 g/mol. The van der Waals surface area contributed by atoms with Crippen LogP contribution in [-0.2, 0) is 4.57 Å². The van der Waals surface area contributed by atoms with Gasteiger partial charge in [0.2, 0.25) is 0 Å². The van der Waals surface area contributed by atoms with Crippen LogP contribution in [0.4, 0.5) is 0 Å². The molecule has 0 aliphatic heterocycles. The molecule has 1 aromatic rings. The van der Waals surface area contributed by atoms with Gasteiger partial charge in [0.1, 0.15) is 0 Å². The van der Waals surface area contributed by atoms with Crippen molar-refractivity contribution in [2.75, 3.05) is 0 Å². The Morgan fingerprint density at radius 1 is 1.25 bits per heavy atom. The lowest BCUT2D eigenvalue weighted by Crippen LogP contribution is -1.86. The van der Waals surface area contributed by atoms with E-state index in [2.05, 4.69) is 0 Å². The first-order valence-corrected chi connectivity index (χ1v) is 7.14. The summed E-state index contributed by atoms with van der Waals surface area (Å²) in [7, 11) is 0. The molecule has 0 heterocycles. The summed E-state index contributed by atoms with van der Waals surface area (Å²) in [6, 6.07) is 9.36. The minimum absolute atomic E-state index is 0.290. The highest BCUT2D eigenvalue weighted by Crippen LogP contribution is 2.67. The minimum Gasteiger partial charge on any atom is -0.289 e. The van der Waals surface area contributed by atoms with Crippen LogP contribution in [0, 0.1) is 0 Å².